The number of hydrogen-bond acceptors (Lipinski definition) is 5. The van der Waals surface area contributed by atoms with Crippen LogP contribution in [-0.4, -0.2) is 17.0 Å². The number of allylic oxidation sites excluding steroid dienone is 2. The Labute approximate surface area is 132 Å². The number of fused-ring (bicyclic) bond motifs is 2. The van der Waals surface area contributed by atoms with Crippen LogP contribution in [0.2, 0.25) is 0 Å². The molecule has 0 unspecified atom stereocenters. The van der Waals surface area contributed by atoms with E-state index in [-0.39, 0.29) is 0 Å². The second-order valence-electron chi connectivity index (χ2n) is 5.24. The molecule has 0 saturated heterocycles. The molecule has 1 aliphatic rings. The number of oxazole rings is 2. The smallest absolute Gasteiger partial charge is 0.370 e. The lowest BCUT2D eigenvalue weighted by molar-refractivity contribution is -0.646. The van der Waals surface area contributed by atoms with Gasteiger partial charge >= 0.3 is 11.5 Å². The summed E-state index contributed by atoms with van der Waals surface area (Å²) in [6.07, 6.45) is 13.1. The minimum Gasteiger partial charge on any atom is -0.435 e. The van der Waals surface area contributed by atoms with E-state index in [9.17, 15) is 0 Å². The van der Waals surface area contributed by atoms with Crippen molar-refractivity contribution in [2.24, 2.45) is 7.05 Å². The summed E-state index contributed by atoms with van der Waals surface area (Å²) in [6, 6.07) is 3.82. The van der Waals surface area contributed by atoms with E-state index < -0.39 is 0 Å². The molecule has 0 saturated carbocycles. The molecule has 4 rings (SSSR count). The normalized spacial score (nSPS) is 14.7. The predicted octanol–water partition coefficient (Wildman–Crippen LogP) is 0.878. The summed E-state index contributed by atoms with van der Waals surface area (Å²) in [5.74, 6) is 1.35. The topological polar surface area (TPSA) is 59.2 Å². The first-order valence-corrected chi connectivity index (χ1v) is 7.22. The van der Waals surface area contributed by atoms with E-state index in [4.69, 9.17) is 8.83 Å². The summed E-state index contributed by atoms with van der Waals surface area (Å²) in [4.78, 5) is 10.8. The molecule has 0 radical (unpaired) electrons. The Morgan fingerprint density at radius 1 is 1.26 bits per heavy atom. The molecule has 0 fully saturated rings. The highest BCUT2D eigenvalue weighted by Crippen LogP contribution is 2.12. The van der Waals surface area contributed by atoms with Gasteiger partial charge < -0.3 is 13.7 Å². The highest BCUT2D eigenvalue weighted by atomic mass is 16.3. The Balaban J connectivity index is 1.65. The monoisotopic (exact) mass is 307 g/mol. The van der Waals surface area contributed by atoms with Gasteiger partial charge in [0.1, 0.15) is 0 Å². The second-order valence-corrected chi connectivity index (χ2v) is 5.24. The second kappa shape index (κ2) is 5.24. The van der Waals surface area contributed by atoms with Crippen molar-refractivity contribution in [3.63, 3.8) is 0 Å². The van der Waals surface area contributed by atoms with Crippen molar-refractivity contribution in [3.8, 4) is 0 Å². The van der Waals surface area contributed by atoms with Gasteiger partial charge in [0.25, 0.3) is 0 Å². The molecular formula is C17H15N4O2+. The molecule has 0 N–H and O–H groups in total. The molecule has 0 aliphatic carbocycles. The van der Waals surface area contributed by atoms with E-state index >= 15 is 0 Å². The SMILES string of the molecule is CN1C=CC=c2o/c(=C\C=C\c3nc4c(ccc[n+]4C)o3)nc21. The van der Waals surface area contributed by atoms with E-state index in [2.05, 4.69) is 9.97 Å². The van der Waals surface area contributed by atoms with Crippen LogP contribution in [0.1, 0.15) is 5.89 Å². The van der Waals surface area contributed by atoms with Gasteiger partial charge in [0.05, 0.1) is 13.2 Å². The fraction of sp³-hybridized carbons (Fsp3) is 0.118. The Hall–Kier alpha value is -3.15. The van der Waals surface area contributed by atoms with Gasteiger partial charge in [-0.15, -0.1) is 0 Å². The number of aromatic nitrogens is 3. The van der Waals surface area contributed by atoms with Crippen LogP contribution in [0.15, 0.2) is 45.5 Å². The van der Waals surface area contributed by atoms with Gasteiger partial charge in [0, 0.05) is 30.4 Å². The number of aryl methyl sites for hydroxylation is 1. The predicted molar refractivity (Wildman–Crippen MR) is 86.4 cm³/mol. The highest BCUT2D eigenvalue weighted by molar-refractivity contribution is 5.66. The molecule has 0 bridgehead atoms. The fourth-order valence-corrected chi connectivity index (χ4v) is 2.42. The zero-order valence-corrected chi connectivity index (χ0v) is 12.8. The highest BCUT2D eigenvalue weighted by Gasteiger charge is 2.14. The molecule has 0 spiro atoms. The zero-order valence-electron chi connectivity index (χ0n) is 12.8. The van der Waals surface area contributed by atoms with Crippen LogP contribution in [0.4, 0.5) is 5.82 Å². The third-order valence-electron chi connectivity index (χ3n) is 3.56. The Kier molecular flexibility index (Phi) is 3.08. The van der Waals surface area contributed by atoms with Crippen molar-refractivity contribution in [1.82, 2.24) is 9.97 Å². The Morgan fingerprint density at radius 2 is 2.17 bits per heavy atom. The van der Waals surface area contributed by atoms with E-state index in [1.807, 2.05) is 66.3 Å². The minimum atomic E-state index is 0.541. The molecule has 114 valence electrons. The summed E-state index contributed by atoms with van der Waals surface area (Å²) < 4.78 is 13.3. The quantitative estimate of drug-likeness (QED) is 0.658. The molecule has 6 nitrogen and oxygen atoms in total. The van der Waals surface area contributed by atoms with Crippen LogP contribution >= 0.6 is 0 Å². The average molecular weight is 307 g/mol. The first kappa shape index (κ1) is 13.5. The van der Waals surface area contributed by atoms with Crippen LogP contribution in [-0.2, 0) is 7.05 Å². The van der Waals surface area contributed by atoms with Crippen molar-refractivity contribution >= 4 is 35.3 Å². The number of pyridine rings is 1. The summed E-state index contributed by atoms with van der Waals surface area (Å²) >= 11 is 0. The lowest BCUT2D eigenvalue weighted by Crippen LogP contribution is -2.27. The van der Waals surface area contributed by atoms with E-state index in [1.54, 1.807) is 12.2 Å². The maximum atomic E-state index is 5.67. The van der Waals surface area contributed by atoms with Gasteiger partial charge in [-0.1, -0.05) is 0 Å². The van der Waals surface area contributed by atoms with Crippen molar-refractivity contribution in [2.45, 2.75) is 0 Å². The zero-order chi connectivity index (χ0) is 15.8. The molecule has 3 aromatic heterocycles. The van der Waals surface area contributed by atoms with Gasteiger partial charge in [0.15, 0.2) is 11.2 Å². The molecule has 23 heavy (non-hydrogen) atoms. The third-order valence-corrected chi connectivity index (χ3v) is 3.56. The van der Waals surface area contributed by atoms with Crippen LogP contribution in [0, 0.1) is 0 Å². The lowest BCUT2D eigenvalue weighted by Gasteiger charge is -2.10. The molecule has 0 amide bonds. The van der Waals surface area contributed by atoms with Crippen LogP contribution in [0.3, 0.4) is 0 Å². The Bertz CT molecular complexity index is 1060. The third kappa shape index (κ3) is 2.44. The molecule has 1 aliphatic heterocycles. The first-order valence-electron chi connectivity index (χ1n) is 7.22. The summed E-state index contributed by atoms with van der Waals surface area (Å²) in [5, 5.41) is 0. The molecule has 0 aromatic carbocycles. The van der Waals surface area contributed by atoms with Gasteiger partial charge in [-0.05, 0) is 30.4 Å². The van der Waals surface area contributed by atoms with Crippen molar-refractivity contribution in [3.05, 3.63) is 53.5 Å². The largest absolute Gasteiger partial charge is 0.435 e. The number of anilines is 1. The maximum Gasteiger partial charge on any atom is 0.370 e. The lowest BCUT2D eigenvalue weighted by atomic mass is 10.4. The van der Waals surface area contributed by atoms with E-state index in [0.717, 1.165) is 22.5 Å². The van der Waals surface area contributed by atoms with Crippen molar-refractivity contribution < 1.29 is 13.4 Å². The summed E-state index contributed by atoms with van der Waals surface area (Å²) in [6.45, 7) is 0. The summed E-state index contributed by atoms with van der Waals surface area (Å²) in [5.41, 5.74) is 2.85. The van der Waals surface area contributed by atoms with E-state index in [0.29, 0.717) is 11.4 Å². The van der Waals surface area contributed by atoms with Gasteiger partial charge in [0.2, 0.25) is 11.1 Å². The number of rotatable bonds is 2. The van der Waals surface area contributed by atoms with Crippen LogP contribution in [0.5, 0.6) is 0 Å². The first-order chi connectivity index (χ1) is 11.2. The molecule has 6 heteroatoms. The van der Waals surface area contributed by atoms with Crippen molar-refractivity contribution in [2.75, 3.05) is 11.9 Å². The molecular weight excluding hydrogens is 292 g/mol. The number of hydrogen-bond donors (Lipinski definition) is 0. The minimum absolute atomic E-state index is 0.541. The van der Waals surface area contributed by atoms with Gasteiger partial charge in [-0.2, -0.15) is 4.98 Å². The maximum absolute atomic E-state index is 5.67. The average Bonchev–Trinajstić information content (AvgIpc) is 3.12. The van der Waals surface area contributed by atoms with Crippen LogP contribution < -0.4 is 20.4 Å². The Morgan fingerprint density at radius 3 is 3.00 bits per heavy atom. The standard InChI is InChI=1S/C17H15N4O2/c1-20-10-4-6-12-16(20)18-14(22-12)8-3-9-15-19-17-13(23-15)7-5-11-21(17)2/h3-11H,1-2H3/q+1. The van der Waals surface area contributed by atoms with Crippen LogP contribution in [0.25, 0.3) is 29.5 Å². The van der Waals surface area contributed by atoms with Gasteiger partial charge in [-0.25, -0.2) is 4.57 Å². The fourth-order valence-electron chi connectivity index (χ4n) is 2.42. The van der Waals surface area contributed by atoms with Gasteiger partial charge in [-0.3, -0.25) is 0 Å². The molecule has 4 heterocycles. The van der Waals surface area contributed by atoms with Crippen molar-refractivity contribution in [1.29, 1.82) is 0 Å². The number of nitrogens with zero attached hydrogens (tertiary/aromatic N) is 4. The molecule has 3 aromatic rings. The van der Waals surface area contributed by atoms with E-state index in [1.165, 1.54) is 0 Å². The molecule has 0 atom stereocenters. The summed E-state index contributed by atoms with van der Waals surface area (Å²) in [7, 11) is 3.87.